The molecule has 1 aliphatic rings. The van der Waals surface area contributed by atoms with Gasteiger partial charge in [-0.3, -0.25) is 9.48 Å². The molecule has 0 unspecified atom stereocenters. The summed E-state index contributed by atoms with van der Waals surface area (Å²) in [6.07, 6.45) is 0. The fourth-order valence-corrected chi connectivity index (χ4v) is 3.08. The quantitative estimate of drug-likeness (QED) is 0.840. The van der Waals surface area contributed by atoms with Gasteiger partial charge >= 0.3 is 5.97 Å². The molecule has 1 aliphatic heterocycles. The lowest BCUT2D eigenvalue weighted by atomic mass is 10.2. The van der Waals surface area contributed by atoms with Crippen LogP contribution < -0.4 is 10.6 Å². The average molecular weight is 361 g/mol. The number of nitrogen functional groups attached to an aromatic ring is 1. The van der Waals surface area contributed by atoms with Gasteiger partial charge in [-0.15, -0.1) is 0 Å². The van der Waals surface area contributed by atoms with Crippen molar-refractivity contribution in [1.29, 1.82) is 0 Å². The van der Waals surface area contributed by atoms with Crippen LogP contribution in [0.4, 0.5) is 15.9 Å². The first-order valence-corrected chi connectivity index (χ1v) is 8.21. The average Bonchev–Trinajstić information content (AvgIpc) is 2.89. The van der Waals surface area contributed by atoms with Crippen LogP contribution in [0.3, 0.4) is 0 Å². The molecule has 1 amide bonds. The van der Waals surface area contributed by atoms with Gasteiger partial charge in [-0.1, -0.05) is 0 Å². The molecule has 1 saturated heterocycles. The molecule has 0 bridgehead atoms. The second-order valence-corrected chi connectivity index (χ2v) is 6.15. The zero-order valence-corrected chi connectivity index (χ0v) is 14.4. The van der Waals surface area contributed by atoms with Crippen molar-refractivity contribution in [1.82, 2.24) is 14.7 Å². The molecule has 138 valence electrons. The molecular formula is C17H20FN5O3. The minimum atomic E-state index is -1.16. The van der Waals surface area contributed by atoms with Crippen molar-refractivity contribution < 1.29 is 19.1 Å². The molecular weight excluding hydrogens is 341 g/mol. The van der Waals surface area contributed by atoms with Crippen LogP contribution in [0.2, 0.25) is 0 Å². The first-order chi connectivity index (χ1) is 12.4. The number of hydrogen-bond acceptors (Lipinski definition) is 5. The Kier molecular flexibility index (Phi) is 4.79. The number of carbonyl (C=O) groups excluding carboxylic acids is 1. The first-order valence-electron chi connectivity index (χ1n) is 8.21. The molecule has 0 spiro atoms. The van der Waals surface area contributed by atoms with E-state index in [0.717, 1.165) is 5.69 Å². The molecule has 0 aliphatic carbocycles. The van der Waals surface area contributed by atoms with E-state index >= 15 is 0 Å². The molecule has 2 heterocycles. The summed E-state index contributed by atoms with van der Waals surface area (Å²) >= 11 is 0. The highest BCUT2D eigenvalue weighted by Gasteiger charge is 2.24. The number of amides is 1. The number of aromatic carboxylic acids is 1. The second-order valence-electron chi connectivity index (χ2n) is 6.15. The van der Waals surface area contributed by atoms with Gasteiger partial charge in [0.1, 0.15) is 17.9 Å². The number of carboxylic acids is 1. The molecule has 0 saturated carbocycles. The Morgan fingerprint density at radius 1 is 1.19 bits per heavy atom. The van der Waals surface area contributed by atoms with E-state index in [-0.39, 0.29) is 29.7 Å². The number of halogens is 1. The van der Waals surface area contributed by atoms with E-state index in [2.05, 4.69) is 10.00 Å². The normalized spacial score (nSPS) is 14.5. The molecule has 0 radical (unpaired) electrons. The first kappa shape index (κ1) is 17.7. The molecule has 3 N–H and O–H groups in total. The van der Waals surface area contributed by atoms with Gasteiger partial charge in [0.2, 0.25) is 5.91 Å². The summed E-state index contributed by atoms with van der Waals surface area (Å²) < 4.78 is 14.3. The number of anilines is 2. The molecule has 1 fully saturated rings. The highest BCUT2D eigenvalue weighted by molar-refractivity contribution is 5.94. The van der Waals surface area contributed by atoms with Crippen LogP contribution in [0, 0.1) is 12.7 Å². The number of carbonyl (C=O) groups is 2. The van der Waals surface area contributed by atoms with Crippen LogP contribution >= 0.6 is 0 Å². The molecule has 8 nitrogen and oxygen atoms in total. The summed E-state index contributed by atoms with van der Waals surface area (Å²) in [5.41, 5.74) is 6.82. The SMILES string of the molecule is Cc1c(C(=O)O)c(N)nn1CC(=O)N1CCN(c2ccc(F)cc2)CC1. The lowest BCUT2D eigenvalue weighted by molar-refractivity contribution is -0.132. The molecule has 26 heavy (non-hydrogen) atoms. The highest BCUT2D eigenvalue weighted by atomic mass is 19.1. The summed E-state index contributed by atoms with van der Waals surface area (Å²) in [5, 5.41) is 13.1. The number of hydrogen-bond donors (Lipinski definition) is 2. The summed E-state index contributed by atoms with van der Waals surface area (Å²) in [5.74, 6) is -1.68. The second kappa shape index (κ2) is 7.03. The van der Waals surface area contributed by atoms with Gasteiger partial charge in [-0.05, 0) is 31.2 Å². The Labute approximate surface area is 149 Å². The molecule has 2 aromatic rings. The fraction of sp³-hybridized carbons (Fsp3) is 0.353. The molecule has 1 aromatic heterocycles. The number of piperazine rings is 1. The topological polar surface area (TPSA) is 105 Å². The van der Waals surface area contributed by atoms with Crippen LogP contribution in [-0.2, 0) is 11.3 Å². The number of rotatable bonds is 4. The van der Waals surface area contributed by atoms with E-state index < -0.39 is 5.97 Å². The Morgan fingerprint density at radius 2 is 1.81 bits per heavy atom. The van der Waals surface area contributed by atoms with Crippen LogP contribution in [0.25, 0.3) is 0 Å². The Morgan fingerprint density at radius 3 is 2.35 bits per heavy atom. The Balaban J connectivity index is 1.61. The Bertz CT molecular complexity index is 826. The molecule has 0 atom stereocenters. The standard InChI is InChI=1S/C17H20FN5O3/c1-11-15(17(25)26)16(19)20-23(11)10-14(24)22-8-6-21(7-9-22)13-4-2-12(18)3-5-13/h2-5H,6-10H2,1H3,(H2,19,20)(H,25,26). The van der Waals surface area contributed by atoms with E-state index in [1.54, 1.807) is 24.0 Å². The zero-order valence-electron chi connectivity index (χ0n) is 14.4. The van der Waals surface area contributed by atoms with Crippen molar-refractivity contribution in [3.05, 3.63) is 41.3 Å². The number of benzene rings is 1. The molecule has 1 aromatic carbocycles. The van der Waals surface area contributed by atoms with Gasteiger partial charge in [0.15, 0.2) is 5.82 Å². The monoisotopic (exact) mass is 361 g/mol. The van der Waals surface area contributed by atoms with E-state index in [1.165, 1.54) is 16.8 Å². The van der Waals surface area contributed by atoms with E-state index in [1.807, 2.05) is 0 Å². The van der Waals surface area contributed by atoms with Crippen molar-refractivity contribution in [2.24, 2.45) is 0 Å². The lowest BCUT2D eigenvalue weighted by Crippen LogP contribution is -2.49. The number of nitrogens with two attached hydrogens (primary N) is 1. The fourth-order valence-electron chi connectivity index (χ4n) is 3.08. The van der Waals surface area contributed by atoms with Gasteiger partial charge in [0.05, 0.1) is 5.69 Å². The summed E-state index contributed by atoms with van der Waals surface area (Å²) in [6, 6.07) is 6.27. The maximum Gasteiger partial charge on any atom is 0.341 e. The van der Waals surface area contributed by atoms with Crippen LogP contribution in [-0.4, -0.2) is 57.8 Å². The maximum absolute atomic E-state index is 13.0. The Hall–Kier alpha value is -3.10. The van der Waals surface area contributed by atoms with Crippen LogP contribution in [0.1, 0.15) is 16.1 Å². The van der Waals surface area contributed by atoms with Crippen LogP contribution in [0.15, 0.2) is 24.3 Å². The predicted molar refractivity (Wildman–Crippen MR) is 93.5 cm³/mol. The third kappa shape index (κ3) is 3.46. The van der Waals surface area contributed by atoms with E-state index in [9.17, 15) is 14.0 Å². The van der Waals surface area contributed by atoms with Crippen molar-refractivity contribution in [2.75, 3.05) is 36.8 Å². The van der Waals surface area contributed by atoms with Crippen molar-refractivity contribution in [2.45, 2.75) is 13.5 Å². The van der Waals surface area contributed by atoms with E-state index in [0.29, 0.717) is 31.9 Å². The largest absolute Gasteiger partial charge is 0.477 e. The number of carboxylic acid groups (broad SMARTS) is 1. The molecule has 9 heteroatoms. The van der Waals surface area contributed by atoms with E-state index in [4.69, 9.17) is 10.8 Å². The smallest absolute Gasteiger partial charge is 0.341 e. The van der Waals surface area contributed by atoms with Crippen LogP contribution in [0.5, 0.6) is 0 Å². The van der Waals surface area contributed by atoms with Crippen molar-refractivity contribution in [3.8, 4) is 0 Å². The predicted octanol–water partition coefficient (Wildman–Crippen LogP) is 0.960. The van der Waals surface area contributed by atoms with Gasteiger partial charge in [0.25, 0.3) is 0 Å². The third-order valence-electron chi connectivity index (χ3n) is 4.56. The third-order valence-corrected chi connectivity index (χ3v) is 4.56. The number of nitrogens with zero attached hydrogens (tertiary/aromatic N) is 4. The summed E-state index contributed by atoms with van der Waals surface area (Å²) in [6.45, 7) is 3.85. The summed E-state index contributed by atoms with van der Waals surface area (Å²) in [7, 11) is 0. The van der Waals surface area contributed by atoms with Gasteiger partial charge in [-0.2, -0.15) is 5.10 Å². The summed E-state index contributed by atoms with van der Waals surface area (Å²) in [4.78, 5) is 27.5. The zero-order chi connectivity index (χ0) is 18.8. The van der Waals surface area contributed by atoms with Gasteiger partial charge < -0.3 is 20.6 Å². The highest BCUT2D eigenvalue weighted by Crippen LogP contribution is 2.18. The minimum Gasteiger partial charge on any atom is -0.477 e. The van der Waals surface area contributed by atoms with Gasteiger partial charge in [0, 0.05) is 31.9 Å². The van der Waals surface area contributed by atoms with Gasteiger partial charge in [-0.25, -0.2) is 9.18 Å². The lowest BCUT2D eigenvalue weighted by Gasteiger charge is -2.36. The minimum absolute atomic E-state index is 0.0557. The van der Waals surface area contributed by atoms with Crippen molar-refractivity contribution >= 4 is 23.4 Å². The number of aromatic nitrogens is 2. The maximum atomic E-state index is 13.0. The molecule has 3 rings (SSSR count). The van der Waals surface area contributed by atoms with Crippen molar-refractivity contribution in [3.63, 3.8) is 0 Å².